The van der Waals surface area contributed by atoms with E-state index in [1.165, 1.54) is 19.1 Å². The topological polar surface area (TPSA) is 103 Å². The van der Waals surface area contributed by atoms with Crippen LogP contribution in [0.25, 0.3) is 6.08 Å². The number of urea groups is 1. The van der Waals surface area contributed by atoms with E-state index in [-0.39, 0.29) is 6.04 Å². The number of benzene rings is 1. The van der Waals surface area contributed by atoms with Crippen molar-refractivity contribution < 1.29 is 28.6 Å². The number of rotatable bonds is 5. The third kappa shape index (κ3) is 5.87. The summed E-state index contributed by atoms with van der Waals surface area (Å²) in [5.74, 6) is -0.448. The van der Waals surface area contributed by atoms with Gasteiger partial charge in [-0.3, -0.25) is 10.1 Å². The maximum absolute atomic E-state index is 12.0. The molecule has 1 aliphatic heterocycles. The molecule has 1 aromatic rings. The molecule has 1 atom stereocenters. The van der Waals surface area contributed by atoms with Crippen molar-refractivity contribution in [2.24, 2.45) is 0 Å². The molecule has 1 heterocycles. The van der Waals surface area contributed by atoms with E-state index in [0.717, 1.165) is 25.7 Å². The molecule has 0 aromatic heterocycles. The van der Waals surface area contributed by atoms with Gasteiger partial charge in [-0.2, -0.15) is 0 Å². The fourth-order valence-electron chi connectivity index (χ4n) is 3.16. The molecule has 2 aliphatic rings. The third-order valence-electron chi connectivity index (χ3n) is 4.62. The molecule has 2 N–H and O–H groups in total. The van der Waals surface area contributed by atoms with Crippen LogP contribution in [-0.4, -0.2) is 43.3 Å². The number of carbonyl (C=O) groups excluding carboxylic acids is 3. The molecule has 0 unspecified atom stereocenters. The van der Waals surface area contributed by atoms with Gasteiger partial charge in [-0.25, -0.2) is 9.59 Å². The van der Waals surface area contributed by atoms with Crippen molar-refractivity contribution in [2.75, 3.05) is 13.2 Å². The van der Waals surface area contributed by atoms with Gasteiger partial charge >= 0.3 is 12.0 Å². The number of ether oxygens (including phenoxy) is 3. The lowest BCUT2D eigenvalue weighted by atomic mass is 10.2. The Morgan fingerprint density at radius 2 is 1.93 bits per heavy atom. The summed E-state index contributed by atoms with van der Waals surface area (Å²) in [7, 11) is 0. The third-order valence-corrected chi connectivity index (χ3v) is 4.90. The summed E-state index contributed by atoms with van der Waals surface area (Å²) < 4.78 is 16.0. The molecule has 0 radical (unpaired) electrons. The Labute approximate surface area is 173 Å². The molecule has 0 saturated heterocycles. The van der Waals surface area contributed by atoms with E-state index in [9.17, 15) is 14.4 Å². The Bertz CT molecular complexity index is 819. The summed E-state index contributed by atoms with van der Waals surface area (Å²) in [5.41, 5.74) is 0.615. The van der Waals surface area contributed by atoms with Crippen LogP contribution in [0, 0.1) is 0 Å². The van der Waals surface area contributed by atoms with Gasteiger partial charge in [0.25, 0.3) is 5.91 Å². The molecule has 1 aliphatic carbocycles. The first-order valence-electron chi connectivity index (χ1n) is 9.51. The van der Waals surface area contributed by atoms with Crippen molar-refractivity contribution in [1.82, 2.24) is 10.6 Å². The zero-order valence-electron chi connectivity index (χ0n) is 16.0. The van der Waals surface area contributed by atoms with Crippen LogP contribution in [0.2, 0.25) is 5.02 Å². The van der Waals surface area contributed by atoms with Crippen LogP contribution in [0.15, 0.2) is 18.2 Å². The van der Waals surface area contributed by atoms with Crippen molar-refractivity contribution in [3.8, 4) is 11.5 Å². The van der Waals surface area contributed by atoms with Gasteiger partial charge in [-0.1, -0.05) is 24.4 Å². The van der Waals surface area contributed by atoms with E-state index in [4.69, 9.17) is 25.8 Å². The first-order valence-corrected chi connectivity index (χ1v) is 9.89. The van der Waals surface area contributed by atoms with Gasteiger partial charge in [0.2, 0.25) is 0 Å². The van der Waals surface area contributed by atoms with E-state index < -0.39 is 24.0 Å². The summed E-state index contributed by atoms with van der Waals surface area (Å²) in [6.07, 6.45) is 5.47. The summed E-state index contributed by atoms with van der Waals surface area (Å²) >= 11 is 6.15. The predicted molar refractivity (Wildman–Crippen MR) is 106 cm³/mol. The summed E-state index contributed by atoms with van der Waals surface area (Å²) in [6, 6.07) is 2.82. The van der Waals surface area contributed by atoms with Crippen LogP contribution in [0.3, 0.4) is 0 Å². The lowest BCUT2D eigenvalue weighted by Gasteiger charge is -2.19. The van der Waals surface area contributed by atoms with Crippen LogP contribution in [0.4, 0.5) is 4.79 Å². The lowest BCUT2D eigenvalue weighted by Crippen LogP contribution is -2.47. The van der Waals surface area contributed by atoms with Crippen molar-refractivity contribution in [3.05, 3.63) is 28.8 Å². The molecule has 1 saturated carbocycles. The smallest absolute Gasteiger partial charge is 0.331 e. The summed E-state index contributed by atoms with van der Waals surface area (Å²) in [6.45, 7) is 2.23. The number of carbonyl (C=O) groups is 3. The maximum atomic E-state index is 12.0. The first-order chi connectivity index (χ1) is 13.9. The van der Waals surface area contributed by atoms with Gasteiger partial charge in [0.1, 0.15) is 13.2 Å². The minimum atomic E-state index is -1.12. The number of hydrogen-bond donors (Lipinski definition) is 2. The molecule has 156 valence electrons. The van der Waals surface area contributed by atoms with Crippen LogP contribution in [0.5, 0.6) is 11.5 Å². The average molecular weight is 423 g/mol. The lowest BCUT2D eigenvalue weighted by molar-refractivity contribution is -0.149. The number of fused-ring (bicyclic) bond motifs is 1. The zero-order chi connectivity index (χ0) is 20.8. The average Bonchev–Trinajstić information content (AvgIpc) is 3.19. The molecule has 3 amide bonds. The molecular formula is C20H23ClN2O6. The molecule has 3 rings (SSSR count). The number of amides is 3. The van der Waals surface area contributed by atoms with E-state index in [0.29, 0.717) is 35.3 Å². The van der Waals surface area contributed by atoms with Gasteiger partial charge in [0.15, 0.2) is 17.6 Å². The highest BCUT2D eigenvalue weighted by atomic mass is 35.5. The van der Waals surface area contributed by atoms with Crippen LogP contribution < -0.4 is 20.1 Å². The van der Waals surface area contributed by atoms with E-state index in [2.05, 4.69) is 10.6 Å². The van der Waals surface area contributed by atoms with Crippen LogP contribution in [-0.2, 0) is 14.3 Å². The second-order valence-electron chi connectivity index (χ2n) is 6.88. The molecule has 0 bridgehead atoms. The highest BCUT2D eigenvalue weighted by molar-refractivity contribution is 6.32. The van der Waals surface area contributed by atoms with E-state index in [1.54, 1.807) is 12.1 Å². The van der Waals surface area contributed by atoms with Crippen molar-refractivity contribution in [2.45, 2.75) is 44.8 Å². The maximum Gasteiger partial charge on any atom is 0.331 e. The molecule has 1 aromatic carbocycles. The minimum absolute atomic E-state index is 0.0846. The van der Waals surface area contributed by atoms with E-state index in [1.807, 2.05) is 0 Å². The van der Waals surface area contributed by atoms with Crippen molar-refractivity contribution in [1.29, 1.82) is 0 Å². The number of nitrogens with one attached hydrogen (secondary N) is 2. The van der Waals surface area contributed by atoms with Crippen molar-refractivity contribution in [3.63, 3.8) is 0 Å². The molecular weight excluding hydrogens is 400 g/mol. The molecule has 29 heavy (non-hydrogen) atoms. The Kier molecular flexibility index (Phi) is 6.98. The van der Waals surface area contributed by atoms with Gasteiger partial charge in [-0.15, -0.1) is 0 Å². The number of imide groups is 1. The highest BCUT2D eigenvalue weighted by Crippen LogP contribution is 2.38. The fourth-order valence-corrected chi connectivity index (χ4v) is 3.44. The number of esters is 1. The van der Waals surface area contributed by atoms with Gasteiger partial charge in [0.05, 0.1) is 5.02 Å². The number of hydrogen-bond acceptors (Lipinski definition) is 6. The second-order valence-corrected chi connectivity index (χ2v) is 7.29. The normalized spacial score (nSPS) is 17.0. The summed E-state index contributed by atoms with van der Waals surface area (Å²) in [4.78, 5) is 35.8. The molecule has 1 fully saturated rings. The Morgan fingerprint density at radius 3 is 2.69 bits per heavy atom. The second kappa shape index (κ2) is 9.65. The monoisotopic (exact) mass is 422 g/mol. The Hall–Kier alpha value is -2.74. The first kappa shape index (κ1) is 21.0. The SMILES string of the molecule is C[C@H](OC(=O)/C=C/c1cc(Cl)c2c(c1)OCCO2)C(=O)NC(=O)NC1CCCC1. The Morgan fingerprint density at radius 1 is 1.21 bits per heavy atom. The molecule has 9 heteroatoms. The van der Waals surface area contributed by atoms with E-state index >= 15 is 0 Å². The fraction of sp³-hybridized carbons (Fsp3) is 0.450. The largest absolute Gasteiger partial charge is 0.486 e. The number of halogens is 1. The Balaban J connectivity index is 1.49. The van der Waals surface area contributed by atoms with Gasteiger partial charge in [-0.05, 0) is 43.5 Å². The quantitative estimate of drug-likeness (QED) is 0.558. The zero-order valence-corrected chi connectivity index (χ0v) is 16.8. The summed E-state index contributed by atoms with van der Waals surface area (Å²) in [5, 5.41) is 5.30. The standard InChI is InChI=1S/C20H23ClN2O6/c1-12(19(25)23-20(26)22-14-4-2-3-5-14)29-17(24)7-6-13-10-15(21)18-16(11-13)27-8-9-28-18/h6-7,10-12,14H,2-5,8-9H2,1H3,(H2,22,23,25,26)/b7-6+/t12-/m0/s1. The van der Waals surface area contributed by atoms with Crippen LogP contribution >= 0.6 is 11.6 Å². The minimum Gasteiger partial charge on any atom is -0.486 e. The molecule has 8 nitrogen and oxygen atoms in total. The van der Waals surface area contributed by atoms with Crippen molar-refractivity contribution >= 4 is 35.6 Å². The highest BCUT2D eigenvalue weighted by Gasteiger charge is 2.22. The molecule has 0 spiro atoms. The predicted octanol–water partition coefficient (Wildman–Crippen LogP) is 2.82. The van der Waals surface area contributed by atoms with Crippen LogP contribution in [0.1, 0.15) is 38.2 Å². The van der Waals surface area contributed by atoms with Gasteiger partial charge < -0.3 is 19.5 Å². The van der Waals surface area contributed by atoms with Gasteiger partial charge in [0, 0.05) is 12.1 Å².